The van der Waals surface area contributed by atoms with Crippen molar-refractivity contribution in [2.45, 2.75) is 26.0 Å². The van der Waals surface area contributed by atoms with Gasteiger partial charge in [-0.2, -0.15) is 0 Å². The van der Waals surface area contributed by atoms with Gasteiger partial charge < -0.3 is 15.0 Å². The highest BCUT2D eigenvalue weighted by atomic mass is 16.5. The summed E-state index contributed by atoms with van der Waals surface area (Å²) in [4.78, 5) is 6.78. The van der Waals surface area contributed by atoms with E-state index < -0.39 is 0 Å². The molecule has 1 aromatic heterocycles. The van der Waals surface area contributed by atoms with Gasteiger partial charge in [-0.3, -0.25) is 0 Å². The molecule has 1 N–H and O–H groups in total. The molecule has 2 rings (SSSR count). The molecule has 1 aromatic rings. The quantitative estimate of drug-likeness (QED) is 0.859. The third kappa shape index (κ3) is 3.41. The maximum absolute atomic E-state index is 5.65. The lowest BCUT2D eigenvalue weighted by molar-refractivity contribution is 0.0820. The average Bonchev–Trinajstić information content (AvgIpc) is 2.55. The second kappa shape index (κ2) is 5.98. The normalized spacial score (nSPS) is 21.3. The predicted molar refractivity (Wildman–Crippen MR) is 69.2 cm³/mol. The van der Waals surface area contributed by atoms with E-state index >= 15 is 0 Å². The van der Waals surface area contributed by atoms with Crippen molar-refractivity contribution in [1.82, 2.24) is 10.3 Å². The molecular weight excluding hydrogens is 214 g/mol. The number of nitrogens with zero attached hydrogens (tertiary/aromatic N) is 2. The van der Waals surface area contributed by atoms with Crippen LogP contribution >= 0.6 is 0 Å². The smallest absolute Gasteiger partial charge is 0.128 e. The number of ether oxygens (including phenoxy) is 1. The molecule has 1 aliphatic heterocycles. The summed E-state index contributed by atoms with van der Waals surface area (Å²) in [5.74, 6) is 1.06. The highest BCUT2D eigenvalue weighted by Gasteiger charge is 2.16. The Hall–Kier alpha value is -1.13. The van der Waals surface area contributed by atoms with E-state index in [9.17, 15) is 0 Å². The largest absolute Gasteiger partial charge is 0.377 e. The fraction of sp³-hybridized carbons (Fsp3) is 0.615. The molecule has 0 spiro atoms. The van der Waals surface area contributed by atoms with E-state index in [-0.39, 0.29) is 6.10 Å². The second-order valence-electron chi connectivity index (χ2n) is 4.53. The first-order chi connectivity index (χ1) is 8.29. The van der Waals surface area contributed by atoms with Crippen molar-refractivity contribution >= 4 is 5.82 Å². The zero-order chi connectivity index (χ0) is 12.1. The summed E-state index contributed by atoms with van der Waals surface area (Å²) in [6, 6.07) is 4.21. The number of hydrogen-bond acceptors (Lipinski definition) is 4. The number of anilines is 1. The van der Waals surface area contributed by atoms with Gasteiger partial charge in [0.1, 0.15) is 5.82 Å². The first-order valence-electron chi connectivity index (χ1n) is 6.25. The van der Waals surface area contributed by atoms with Gasteiger partial charge in [-0.15, -0.1) is 0 Å². The van der Waals surface area contributed by atoms with Crippen molar-refractivity contribution in [1.29, 1.82) is 0 Å². The van der Waals surface area contributed by atoms with Crippen LogP contribution in [0.25, 0.3) is 0 Å². The molecule has 0 amide bonds. The third-order valence-corrected chi connectivity index (χ3v) is 2.97. The van der Waals surface area contributed by atoms with Gasteiger partial charge in [0, 0.05) is 32.4 Å². The van der Waals surface area contributed by atoms with Crippen LogP contribution in [0.1, 0.15) is 18.9 Å². The van der Waals surface area contributed by atoms with E-state index in [4.69, 9.17) is 4.74 Å². The fourth-order valence-electron chi connectivity index (χ4n) is 2.15. The van der Waals surface area contributed by atoms with Crippen molar-refractivity contribution in [3.8, 4) is 0 Å². The van der Waals surface area contributed by atoms with Gasteiger partial charge in [0.2, 0.25) is 0 Å². The van der Waals surface area contributed by atoms with E-state index in [1.165, 1.54) is 5.56 Å². The molecule has 0 saturated carbocycles. The summed E-state index contributed by atoms with van der Waals surface area (Å²) >= 11 is 0. The number of hydrogen-bond donors (Lipinski definition) is 1. The number of rotatable bonds is 3. The van der Waals surface area contributed by atoms with Crippen molar-refractivity contribution < 1.29 is 4.74 Å². The van der Waals surface area contributed by atoms with Crippen LogP contribution in [0.2, 0.25) is 0 Å². The monoisotopic (exact) mass is 235 g/mol. The van der Waals surface area contributed by atoms with Crippen LogP contribution in [0.4, 0.5) is 5.82 Å². The van der Waals surface area contributed by atoms with Crippen LogP contribution in [0.15, 0.2) is 18.3 Å². The van der Waals surface area contributed by atoms with Gasteiger partial charge in [0.15, 0.2) is 0 Å². The average molecular weight is 235 g/mol. The standard InChI is InChI=1S/C13H21N3O/c1-11-10-16(6-3-7-17-11)13-8-12(9-14-2)4-5-15-13/h4-5,8,11,14H,3,6-7,9-10H2,1-2H3. The first-order valence-corrected chi connectivity index (χ1v) is 6.25. The Kier molecular flexibility index (Phi) is 4.34. The highest BCUT2D eigenvalue weighted by Crippen LogP contribution is 2.16. The van der Waals surface area contributed by atoms with Gasteiger partial charge in [-0.1, -0.05) is 0 Å². The number of nitrogens with one attached hydrogen (secondary N) is 1. The molecule has 4 nitrogen and oxygen atoms in total. The molecule has 4 heteroatoms. The van der Waals surface area contributed by atoms with Gasteiger partial charge in [-0.25, -0.2) is 4.98 Å². The summed E-state index contributed by atoms with van der Waals surface area (Å²) in [6.07, 6.45) is 3.24. The van der Waals surface area contributed by atoms with Crippen molar-refractivity contribution in [2.75, 3.05) is 31.6 Å². The van der Waals surface area contributed by atoms with E-state index in [0.29, 0.717) is 0 Å². The highest BCUT2D eigenvalue weighted by molar-refractivity contribution is 5.41. The lowest BCUT2D eigenvalue weighted by Gasteiger charge is -2.23. The molecule has 2 heterocycles. The maximum atomic E-state index is 5.65. The molecule has 0 aromatic carbocycles. The van der Waals surface area contributed by atoms with Crippen LogP contribution in [-0.2, 0) is 11.3 Å². The van der Waals surface area contributed by atoms with Crippen molar-refractivity contribution in [3.63, 3.8) is 0 Å². The minimum Gasteiger partial charge on any atom is -0.377 e. The van der Waals surface area contributed by atoms with Crippen LogP contribution in [-0.4, -0.2) is 37.8 Å². The van der Waals surface area contributed by atoms with Crippen LogP contribution in [0.3, 0.4) is 0 Å². The van der Waals surface area contributed by atoms with Gasteiger partial charge >= 0.3 is 0 Å². The molecule has 0 radical (unpaired) electrons. The summed E-state index contributed by atoms with van der Waals surface area (Å²) in [6.45, 7) is 5.81. The maximum Gasteiger partial charge on any atom is 0.128 e. The van der Waals surface area contributed by atoms with Crippen LogP contribution in [0, 0.1) is 0 Å². The SMILES string of the molecule is CNCc1ccnc(N2CCCOC(C)C2)c1. The van der Waals surface area contributed by atoms with E-state index in [2.05, 4.69) is 34.3 Å². The van der Waals surface area contributed by atoms with Crippen LogP contribution in [0.5, 0.6) is 0 Å². The zero-order valence-electron chi connectivity index (χ0n) is 10.6. The molecular formula is C13H21N3O. The molecule has 1 aliphatic rings. The molecule has 0 bridgehead atoms. The Balaban J connectivity index is 2.11. The second-order valence-corrected chi connectivity index (χ2v) is 4.53. The fourth-order valence-corrected chi connectivity index (χ4v) is 2.15. The number of pyridine rings is 1. The molecule has 94 valence electrons. The molecule has 1 atom stereocenters. The summed E-state index contributed by atoms with van der Waals surface area (Å²) in [5.41, 5.74) is 1.27. The Labute approximate surface area is 103 Å². The van der Waals surface area contributed by atoms with E-state index in [1.807, 2.05) is 13.2 Å². The van der Waals surface area contributed by atoms with Gasteiger partial charge in [0.05, 0.1) is 6.10 Å². The first kappa shape index (κ1) is 12.3. The minimum absolute atomic E-state index is 0.284. The van der Waals surface area contributed by atoms with Crippen molar-refractivity contribution in [3.05, 3.63) is 23.9 Å². The van der Waals surface area contributed by atoms with Gasteiger partial charge in [-0.05, 0) is 38.1 Å². The summed E-state index contributed by atoms with van der Waals surface area (Å²) in [5, 5.41) is 3.16. The Morgan fingerprint density at radius 3 is 3.29 bits per heavy atom. The van der Waals surface area contributed by atoms with E-state index in [0.717, 1.165) is 38.5 Å². The molecule has 17 heavy (non-hydrogen) atoms. The minimum atomic E-state index is 0.284. The zero-order valence-corrected chi connectivity index (χ0v) is 10.6. The Morgan fingerprint density at radius 1 is 1.59 bits per heavy atom. The molecule has 1 saturated heterocycles. The molecule has 1 fully saturated rings. The lowest BCUT2D eigenvalue weighted by Crippen LogP contribution is -2.30. The Bertz CT molecular complexity index is 356. The van der Waals surface area contributed by atoms with E-state index in [1.54, 1.807) is 0 Å². The summed E-state index contributed by atoms with van der Waals surface area (Å²) < 4.78 is 5.65. The summed E-state index contributed by atoms with van der Waals surface area (Å²) in [7, 11) is 1.96. The number of aromatic nitrogens is 1. The third-order valence-electron chi connectivity index (χ3n) is 2.97. The topological polar surface area (TPSA) is 37.4 Å². The molecule has 1 unspecified atom stereocenters. The van der Waals surface area contributed by atoms with Crippen LogP contribution < -0.4 is 10.2 Å². The van der Waals surface area contributed by atoms with Crippen molar-refractivity contribution in [2.24, 2.45) is 0 Å². The molecule has 0 aliphatic carbocycles. The predicted octanol–water partition coefficient (Wildman–Crippen LogP) is 1.42. The van der Waals surface area contributed by atoms with Gasteiger partial charge in [0.25, 0.3) is 0 Å². The Morgan fingerprint density at radius 2 is 2.47 bits per heavy atom. The lowest BCUT2D eigenvalue weighted by atomic mass is 10.2.